The smallest absolute Gasteiger partial charge is 0.119 e. The first-order valence-electron chi connectivity index (χ1n) is 5.93. The second kappa shape index (κ2) is 7.12. The lowest BCUT2D eigenvalue weighted by molar-refractivity contribution is 0.340. The predicted molar refractivity (Wildman–Crippen MR) is 68.9 cm³/mol. The van der Waals surface area contributed by atoms with Crippen molar-refractivity contribution in [3.8, 4) is 5.75 Å². The highest BCUT2D eigenvalue weighted by atomic mass is 16.5. The minimum atomic E-state index is 0.579. The van der Waals surface area contributed by atoms with Gasteiger partial charge in [0.2, 0.25) is 0 Å². The summed E-state index contributed by atoms with van der Waals surface area (Å²) in [6, 6.07) is 8.05. The van der Waals surface area contributed by atoms with Gasteiger partial charge in [0.1, 0.15) is 5.75 Å². The zero-order valence-corrected chi connectivity index (χ0v) is 10.2. The molecule has 1 aromatic rings. The molecule has 0 saturated heterocycles. The van der Waals surface area contributed by atoms with Gasteiger partial charge >= 0.3 is 0 Å². The first-order valence-corrected chi connectivity index (χ1v) is 5.93. The maximum atomic E-state index is 5.56. The Labute approximate surface area is 98.0 Å². The van der Waals surface area contributed by atoms with E-state index in [2.05, 4.69) is 12.2 Å². The van der Waals surface area contributed by atoms with Crippen molar-refractivity contribution >= 4 is 5.69 Å². The van der Waals surface area contributed by atoms with Crippen LogP contribution >= 0.6 is 0 Å². The van der Waals surface area contributed by atoms with Gasteiger partial charge in [-0.1, -0.05) is 6.92 Å². The van der Waals surface area contributed by atoms with E-state index in [0.717, 1.165) is 30.9 Å². The van der Waals surface area contributed by atoms with Gasteiger partial charge in [-0.3, -0.25) is 0 Å². The van der Waals surface area contributed by atoms with Crippen molar-refractivity contribution in [3.63, 3.8) is 0 Å². The van der Waals surface area contributed by atoms with Gasteiger partial charge < -0.3 is 15.8 Å². The largest absolute Gasteiger partial charge is 0.494 e. The molecule has 0 aliphatic heterocycles. The molecule has 0 amide bonds. The number of rotatable bonds is 7. The summed E-state index contributed by atoms with van der Waals surface area (Å²) >= 11 is 0. The summed E-state index contributed by atoms with van der Waals surface area (Å²) in [5.41, 5.74) is 6.69. The predicted octanol–water partition coefficient (Wildman–Crippen LogP) is 2.48. The van der Waals surface area contributed by atoms with Crippen LogP contribution in [0.2, 0.25) is 0 Å². The number of ether oxygens (including phenoxy) is 1. The second-order valence-corrected chi connectivity index (χ2v) is 4.01. The van der Waals surface area contributed by atoms with E-state index in [1.165, 1.54) is 0 Å². The van der Waals surface area contributed by atoms with Crippen molar-refractivity contribution in [1.82, 2.24) is 0 Å². The summed E-state index contributed by atoms with van der Waals surface area (Å²) in [6.45, 7) is 6.58. The van der Waals surface area contributed by atoms with Crippen molar-refractivity contribution in [2.24, 2.45) is 11.7 Å². The molecule has 90 valence electrons. The maximum absolute atomic E-state index is 5.56. The van der Waals surface area contributed by atoms with Crippen molar-refractivity contribution in [1.29, 1.82) is 0 Å². The minimum Gasteiger partial charge on any atom is -0.494 e. The highest BCUT2D eigenvalue weighted by Crippen LogP contribution is 2.15. The Morgan fingerprint density at radius 1 is 1.31 bits per heavy atom. The quantitative estimate of drug-likeness (QED) is 0.745. The zero-order chi connectivity index (χ0) is 11.8. The molecule has 0 bridgehead atoms. The van der Waals surface area contributed by atoms with E-state index in [4.69, 9.17) is 10.5 Å². The molecule has 0 spiro atoms. The fourth-order valence-electron chi connectivity index (χ4n) is 1.42. The van der Waals surface area contributed by atoms with Crippen LogP contribution < -0.4 is 15.8 Å². The molecule has 0 fully saturated rings. The van der Waals surface area contributed by atoms with E-state index in [1.54, 1.807) is 0 Å². The molecule has 0 aliphatic rings. The Kier molecular flexibility index (Phi) is 5.72. The number of benzene rings is 1. The lowest BCUT2D eigenvalue weighted by atomic mass is 10.1. The molecule has 1 aromatic carbocycles. The number of nitrogens with one attached hydrogen (secondary N) is 1. The average molecular weight is 222 g/mol. The van der Waals surface area contributed by atoms with Gasteiger partial charge in [0, 0.05) is 12.2 Å². The lowest BCUT2D eigenvalue weighted by Gasteiger charge is -2.10. The van der Waals surface area contributed by atoms with Gasteiger partial charge in [0.25, 0.3) is 0 Å². The molecule has 1 unspecified atom stereocenters. The molecule has 3 heteroatoms. The van der Waals surface area contributed by atoms with E-state index in [1.807, 2.05) is 31.2 Å². The Morgan fingerprint density at radius 3 is 2.56 bits per heavy atom. The third-order valence-corrected chi connectivity index (χ3v) is 2.53. The van der Waals surface area contributed by atoms with Crippen LogP contribution in [0.5, 0.6) is 5.75 Å². The highest BCUT2D eigenvalue weighted by molar-refractivity contribution is 5.46. The first-order chi connectivity index (χ1) is 7.76. The summed E-state index contributed by atoms with van der Waals surface area (Å²) in [4.78, 5) is 0. The van der Waals surface area contributed by atoms with E-state index in [0.29, 0.717) is 12.5 Å². The zero-order valence-electron chi connectivity index (χ0n) is 10.2. The van der Waals surface area contributed by atoms with E-state index in [-0.39, 0.29) is 0 Å². The molecule has 3 nitrogen and oxygen atoms in total. The van der Waals surface area contributed by atoms with Crippen LogP contribution in [0, 0.1) is 5.92 Å². The number of hydrogen-bond donors (Lipinski definition) is 2. The molecule has 0 aromatic heterocycles. The lowest BCUT2D eigenvalue weighted by Crippen LogP contribution is -2.14. The molecular formula is C13H22N2O. The fourth-order valence-corrected chi connectivity index (χ4v) is 1.42. The Hall–Kier alpha value is -1.22. The summed E-state index contributed by atoms with van der Waals surface area (Å²) in [7, 11) is 0. The van der Waals surface area contributed by atoms with Crippen LogP contribution in [0.3, 0.4) is 0 Å². The normalized spacial score (nSPS) is 12.2. The molecule has 16 heavy (non-hydrogen) atoms. The Morgan fingerprint density at radius 2 is 2.00 bits per heavy atom. The number of anilines is 1. The van der Waals surface area contributed by atoms with E-state index < -0.39 is 0 Å². The summed E-state index contributed by atoms with van der Waals surface area (Å²) in [5.74, 6) is 1.50. The molecule has 1 rings (SSSR count). The number of nitrogens with two attached hydrogens (primary N) is 1. The maximum Gasteiger partial charge on any atom is 0.119 e. The molecular weight excluding hydrogens is 200 g/mol. The van der Waals surface area contributed by atoms with Crippen LogP contribution in [-0.2, 0) is 0 Å². The van der Waals surface area contributed by atoms with Gasteiger partial charge in [0.15, 0.2) is 0 Å². The Balaban J connectivity index is 2.31. The van der Waals surface area contributed by atoms with Crippen molar-refractivity contribution < 1.29 is 4.74 Å². The topological polar surface area (TPSA) is 47.3 Å². The SMILES string of the molecule is CCOc1ccc(NCCC(C)CN)cc1. The van der Waals surface area contributed by atoms with Gasteiger partial charge in [-0.2, -0.15) is 0 Å². The Bertz CT molecular complexity index is 284. The molecule has 0 heterocycles. The monoisotopic (exact) mass is 222 g/mol. The van der Waals surface area contributed by atoms with E-state index in [9.17, 15) is 0 Å². The van der Waals surface area contributed by atoms with Crippen LogP contribution in [0.1, 0.15) is 20.3 Å². The second-order valence-electron chi connectivity index (χ2n) is 4.01. The van der Waals surface area contributed by atoms with Gasteiger partial charge in [-0.05, 0) is 50.1 Å². The van der Waals surface area contributed by atoms with Crippen LogP contribution in [0.4, 0.5) is 5.69 Å². The van der Waals surface area contributed by atoms with Crippen molar-refractivity contribution in [2.75, 3.05) is 25.0 Å². The van der Waals surface area contributed by atoms with Gasteiger partial charge in [0.05, 0.1) is 6.61 Å². The molecule has 0 saturated carbocycles. The summed E-state index contributed by atoms with van der Waals surface area (Å²) in [5, 5.41) is 3.37. The molecule has 3 N–H and O–H groups in total. The van der Waals surface area contributed by atoms with Gasteiger partial charge in [-0.15, -0.1) is 0 Å². The fraction of sp³-hybridized carbons (Fsp3) is 0.538. The summed E-state index contributed by atoms with van der Waals surface area (Å²) in [6.07, 6.45) is 1.10. The highest BCUT2D eigenvalue weighted by Gasteiger charge is 1.98. The number of hydrogen-bond acceptors (Lipinski definition) is 3. The van der Waals surface area contributed by atoms with Crippen molar-refractivity contribution in [3.05, 3.63) is 24.3 Å². The van der Waals surface area contributed by atoms with Crippen LogP contribution in [0.25, 0.3) is 0 Å². The summed E-state index contributed by atoms with van der Waals surface area (Å²) < 4.78 is 5.38. The third-order valence-electron chi connectivity index (χ3n) is 2.53. The molecule has 0 radical (unpaired) electrons. The molecule has 0 aliphatic carbocycles. The minimum absolute atomic E-state index is 0.579. The average Bonchev–Trinajstić information content (AvgIpc) is 2.31. The molecule has 1 atom stereocenters. The van der Waals surface area contributed by atoms with Gasteiger partial charge in [-0.25, -0.2) is 0 Å². The third kappa shape index (κ3) is 4.53. The van der Waals surface area contributed by atoms with Crippen LogP contribution in [-0.4, -0.2) is 19.7 Å². The van der Waals surface area contributed by atoms with E-state index >= 15 is 0 Å². The van der Waals surface area contributed by atoms with Crippen LogP contribution in [0.15, 0.2) is 24.3 Å². The standard InChI is InChI=1S/C13H22N2O/c1-3-16-13-6-4-12(5-7-13)15-9-8-11(2)10-14/h4-7,11,15H,3,8-10,14H2,1-2H3. The van der Waals surface area contributed by atoms with Crippen molar-refractivity contribution in [2.45, 2.75) is 20.3 Å². The first kappa shape index (κ1) is 12.8.